The van der Waals surface area contributed by atoms with Gasteiger partial charge >= 0.3 is 29.6 Å². The maximum absolute atomic E-state index is 12.6. The van der Waals surface area contributed by atoms with E-state index in [4.69, 9.17) is 25.8 Å². The molecule has 1 aliphatic heterocycles. The van der Waals surface area contributed by atoms with E-state index in [2.05, 4.69) is 15.9 Å². The number of ether oxygens (including phenoxy) is 3. The number of carbonyl (C=O) groups excluding carboxylic acids is 2. The molecule has 3 aromatic rings. The molecule has 0 radical (unpaired) electrons. The number of hydrogen-bond acceptors (Lipinski definition) is 6. The summed E-state index contributed by atoms with van der Waals surface area (Å²) in [6, 6.07) is 15.8. The Labute approximate surface area is 245 Å². The number of halogens is 2. The molecular weight excluding hydrogens is 559 g/mol. The van der Waals surface area contributed by atoms with Crippen LogP contribution in [0.15, 0.2) is 59.1 Å². The van der Waals surface area contributed by atoms with Gasteiger partial charge in [0, 0.05) is 40.0 Å². The molecule has 182 valence electrons. The molecule has 0 bridgehead atoms. The van der Waals surface area contributed by atoms with Gasteiger partial charge in [0.05, 0.1) is 18.7 Å². The third kappa shape index (κ3) is 6.84. The molecule has 0 aliphatic carbocycles. The third-order valence-corrected chi connectivity index (χ3v) is 6.68. The zero-order valence-electron chi connectivity index (χ0n) is 20.0. The number of fused-ring (bicyclic) bond motifs is 1. The molecule has 9 heteroatoms. The second-order valence-corrected chi connectivity index (χ2v) is 9.51. The summed E-state index contributed by atoms with van der Waals surface area (Å²) in [5.41, 5.74) is 2.14. The number of rotatable bonds is 9. The van der Waals surface area contributed by atoms with Crippen molar-refractivity contribution in [3.63, 3.8) is 0 Å². The zero-order chi connectivity index (χ0) is 24.9. The first kappa shape index (κ1) is 28.5. The van der Waals surface area contributed by atoms with Gasteiger partial charge in [-0.2, -0.15) is 0 Å². The SMILES string of the molecule is COc1cc(Br)ccc1CCCC(=O)c1ccc(Oc2cc3c(cc2Cl)C(C(=O)[O-])CCO3)cc1.[Na+]. The van der Waals surface area contributed by atoms with E-state index in [-0.39, 0.29) is 47.0 Å². The number of hydrogen-bond donors (Lipinski definition) is 0. The van der Waals surface area contributed by atoms with Crippen LogP contribution in [-0.4, -0.2) is 25.5 Å². The summed E-state index contributed by atoms with van der Waals surface area (Å²) in [6.07, 6.45) is 2.18. The molecule has 1 unspecified atom stereocenters. The summed E-state index contributed by atoms with van der Waals surface area (Å²) >= 11 is 9.77. The van der Waals surface area contributed by atoms with Gasteiger partial charge in [-0.1, -0.05) is 33.6 Å². The largest absolute Gasteiger partial charge is 1.00 e. The van der Waals surface area contributed by atoms with Crippen LogP contribution in [0.2, 0.25) is 5.02 Å². The van der Waals surface area contributed by atoms with Gasteiger partial charge in [-0.05, 0) is 67.3 Å². The quantitative estimate of drug-likeness (QED) is 0.286. The van der Waals surface area contributed by atoms with Crippen LogP contribution in [-0.2, 0) is 11.2 Å². The minimum absolute atomic E-state index is 0. The van der Waals surface area contributed by atoms with E-state index in [1.54, 1.807) is 43.5 Å². The smallest absolute Gasteiger partial charge is 0.549 e. The fraction of sp³-hybridized carbons (Fsp3) is 0.259. The Morgan fingerprint density at radius 3 is 2.56 bits per heavy atom. The van der Waals surface area contributed by atoms with Crippen molar-refractivity contribution >= 4 is 39.3 Å². The van der Waals surface area contributed by atoms with Gasteiger partial charge in [-0.25, -0.2) is 0 Å². The molecule has 0 spiro atoms. The second-order valence-electron chi connectivity index (χ2n) is 8.19. The van der Waals surface area contributed by atoms with Crippen LogP contribution in [0.25, 0.3) is 0 Å². The number of aryl methyl sites for hydroxylation is 1. The van der Waals surface area contributed by atoms with Gasteiger partial charge in [0.25, 0.3) is 0 Å². The van der Waals surface area contributed by atoms with Gasteiger partial charge in [-0.3, -0.25) is 4.79 Å². The van der Waals surface area contributed by atoms with Crippen molar-refractivity contribution in [2.45, 2.75) is 31.6 Å². The van der Waals surface area contributed by atoms with Crippen LogP contribution in [0.5, 0.6) is 23.0 Å². The molecule has 1 atom stereocenters. The standard InChI is InChI=1S/C27H24BrClO6.Na/c1-33-24-13-18(28)8-5-17(24)3-2-4-23(30)16-6-9-19(10-7-16)35-26-15-25-21(14-22(26)29)20(27(31)32)11-12-34-25;/h5-10,13-15,20H,2-4,11-12H2,1H3,(H,31,32);/q;+1/p-1. The fourth-order valence-corrected chi connectivity index (χ4v) is 4.61. The van der Waals surface area contributed by atoms with Gasteiger partial charge in [-0.15, -0.1) is 0 Å². The minimum atomic E-state index is -1.16. The van der Waals surface area contributed by atoms with E-state index in [9.17, 15) is 14.7 Å². The number of carbonyl (C=O) groups is 2. The summed E-state index contributed by atoms with van der Waals surface area (Å²) in [7, 11) is 1.63. The van der Waals surface area contributed by atoms with Gasteiger partial charge in [0.15, 0.2) is 5.78 Å². The van der Waals surface area contributed by atoms with Crippen LogP contribution < -0.4 is 48.9 Å². The molecule has 0 saturated heterocycles. The molecule has 0 aromatic heterocycles. The van der Waals surface area contributed by atoms with Crippen LogP contribution in [0.4, 0.5) is 0 Å². The number of Topliss-reactive ketones (excluding diaryl/α,β-unsaturated/α-hetero) is 1. The molecule has 0 fully saturated rings. The average molecular weight is 582 g/mol. The van der Waals surface area contributed by atoms with E-state index in [1.807, 2.05) is 18.2 Å². The van der Waals surface area contributed by atoms with E-state index in [0.717, 1.165) is 22.2 Å². The van der Waals surface area contributed by atoms with Crippen molar-refractivity contribution in [3.8, 4) is 23.0 Å². The number of aliphatic carboxylic acids is 1. The van der Waals surface area contributed by atoms with Crippen LogP contribution in [0, 0.1) is 0 Å². The van der Waals surface area contributed by atoms with Crippen molar-refractivity contribution in [1.29, 1.82) is 0 Å². The Hall–Kier alpha value is -2.03. The Balaban J connectivity index is 0.00000361. The monoisotopic (exact) mass is 580 g/mol. The first-order valence-electron chi connectivity index (χ1n) is 11.2. The molecule has 36 heavy (non-hydrogen) atoms. The average Bonchev–Trinajstić information content (AvgIpc) is 2.85. The normalized spacial score (nSPS) is 14.1. The fourth-order valence-electron chi connectivity index (χ4n) is 4.06. The third-order valence-electron chi connectivity index (χ3n) is 5.89. The van der Waals surface area contributed by atoms with Crippen molar-refractivity contribution < 1.29 is 58.5 Å². The molecule has 0 N–H and O–H groups in total. The van der Waals surface area contributed by atoms with E-state index in [0.29, 0.717) is 47.6 Å². The topological polar surface area (TPSA) is 84.9 Å². The Morgan fingerprint density at radius 2 is 1.86 bits per heavy atom. The Kier molecular flexibility index (Phi) is 10.3. The first-order chi connectivity index (χ1) is 16.9. The second kappa shape index (κ2) is 13.0. The predicted octanol–water partition coefficient (Wildman–Crippen LogP) is 2.73. The predicted molar refractivity (Wildman–Crippen MR) is 134 cm³/mol. The molecule has 1 heterocycles. The molecule has 0 saturated carbocycles. The van der Waals surface area contributed by atoms with Crippen molar-refractivity contribution in [3.05, 3.63) is 80.8 Å². The molecular formula is C27H23BrClNaO6. The zero-order valence-corrected chi connectivity index (χ0v) is 24.4. The van der Waals surface area contributed by atoms with Crippen LogP contribution in [0.3, 0.4) is 0 Å². The summed E-state index contributed by atoms with van der Waals surface area (Å²) in [5, 5.41) is 11.7. The van der Waals surface area contributed by atoms with Gasteiger partial charge < -0.3 is 24.1 Å². The van der Waals surface area contributed by atoms with Crippen molar-refractivity contribution in [2.24, 2.45) is 0 Å². The maximum atomic E-state index is 12.6. The summed E-state index contributed by atoms with van der Waals surface area (Å²) in [4.78, 5) is 24.0. The van der Waals surface area contributed by atoms with E-state index in [1.165, 1.54) is 0 Å². The summed E-state index contributed by atoms with van der Waals surface area (Å²) in [5.74, 6) is 0.174. The minimum Gasteiger partial charge on any atom is -0.549 e. The van der Waals surface area contributed by atoms with Gasteiger partial charge in [0.2, 0.25) is 0 Å². The molecule has 0 amide bonds. The number of methoxy groups -OCH3 is 1. The van der Waals surface area contributed by atoms with Crippen LogP contribution >= 0.6 is 27.5 Å². The summed E-state index contributed by atoms with van der Waals surface area (Å²) < 4.78 is 17.8. The number of carboxylic acid groups (broad SMARTS) is 1. The van der Waals surface area contributed by atoms with Crippen molar-refractivity contribution in [1.82, 2.24) is 0 Å². The van der Waals surface area contributed by atoms with Gasteiger partial charge in [0.1, 0.15) is 23.0 Å². The molecule has 6 nitrogen and oxygen atoms in total. The van der Waals surface area contributed by atoms with Crippen molar-refractivity contribution in [2.75, 3.05) is 13.7 Å². The molecule has 1 aliphatic rings. The number of carboxylic acids is 1. The first-order valence-corrected chi connectivity index (χ1v) is 12.3. The Bertz CT molecular complexity index is 1250. The molecule has 3 aromatic carbocycles. The number of benzene rings is 3. The van der Waals surface area contributed by atoms with E-state index >= 15 is 0 Å². The Morgan fingerprint density at radius 1 is 1.11 bits per heavy atom. The maximum Gasteiger partial charge on any atom is 1.00 e. The number of ketones is 1. The van der Waals surface area contributed by atoms with E-state index < -0.39 is 11.9 Å². The van der Waals surface area contributed by atoms with Crippen LogP contribution in [0.1, 0.15) is 46.7 Å². The summed E-state index contributed by atoms with van der Waals surface area (Å²) in [6.45, 7) is 0.276. The molecule has 4 rings (SSSR count).